The van der Waals surface area contributed by atoms with E-state index in [0.29, 0.717) is 13.2 Å². The van der Waals surface area contributed by atoms with Crippen LogP contribution in [-0.2, 0) is 34.2 Å². The molecule has 4 nitrogen and oxygen atoms in total. The van der Waals surface area contributed by atoms with Crippen molar-refractivity contribution < 1.29 is 18.9 Å². The summed E-state index contributed by atoms with van der Waals surface area (Å²) < 4.78 is 22.3. The number of allylic oxidation sites excluding steroid dienone is 2. The summed E-state index contributed by atoms with van der Waals surface area (Å²) in [5.74, 6) is 1.70. The van der Waals surface area contributed by atoms with Gasteiger partial charge < -0.3 is 18.9 Å². The topological polar surface area (TPSA) is 36.9 Å². The molecule has 0 saturated heterocycles. The van der Waals surface area contributed by atoms with Crippen molar-refractivity contribution in [3.8, 4) is 11.5 Å². The van der Waals surface area contributed by atoms with Gasteiger partial charge in [0.15, 0.2) is 13.6 Å². The molecule has 0 N–H and O–H groups in total. The van der Waals surface area contributed by atoms with E-state index in [1.807, 2.05) is 38.1 Å². The van der Waals surface area contributed by atoms with Crippen LogP contribution in [-0.4, -0.2) is 26.8 Å². The third-order valence-electron chi connectivity index (χ3n) is 5.35. The number of benzene rings is 2. The number of ether oxygens (including phenoxy) is 4. The van der Waals surface area contributed by atoms with Crippen LogP contribution in [0.15, 0.2) is 61.7 Å². The standard InChI is InChI=1S/C28H38O4/c1-7-11-23-17-22(13-15-26(23)31-20-29-9-3)19-28(5,6)25-14-16-27(32-21-30-10-4)24(18-25)12-8-2/h7-8,13-18H,1-2,9-12,19-21H2,3-6H3. The maximum Gasteiger partial charge on any atom is 0.189 e. The summed E-state index contributed by atoms with van der Waals surface area (Å²) in [5, 5.41) is 0. The summed E-state index contributed by atoms with van der Waals surface area (Å²) in [6, 6.07) is 12.8. The van der Waals surface area contributed by atoms with Crippen LogP contribution in [0.4, 0.5) is 0 Å². The third-order valence-corrected chi connectivity index (χ3v) is 5.35. The van der Waals surface area contributed by atoms with Gasteiger partial charge in [-0.25, -0.2) is 0 Å². The van der Waals surface area contributed by atoms with Crippen molar-refractivity contribution in [3.63, 3.8) is 0 Å². The Morgan fingerprint density at radius 2 is 1.31 bits per heavy atom. The molecule has 0 fully saturated rings. The first kappa shape index (κ1) is 25.7. The van der Waals surface area contributed by atoms with Crippen LogP contribution < -0.4 is 9.47 Å². The number of hydrogen-bond acceptors (Lipinski definition) is 4. The molecular formula is C28H38O4. The van der Waals surface area contributed by atoms with Crippen molar-refractivity contribution in [2.75, 3.05) is 26.8 Å². The molecule has 0 radical (unpaired) electrons. The van der Waals surface area contributed by atoms with Crippen LogP contribution in [0, 0.1) is 0 Å². The van der Waals surface area contributed by atoms with E-state index in [1.165, 1.54) is 11.1 Å². The first-order valence-corrected chi connectivity index (χ1v) is 11.3. The molecule has 0 saturated carbocycles. The Morgan fingerprint density at radius 1 is 0.781 bits per heavy atom. The van der Waals surface area contributed by atoms with E-state index >= 15 is 0 Å². The van der Waals surface area contributed by atoms with E-state index in [1.54, 1.807) is 0 Å². The SMILES string of the molecule is C=CCc1cc(CC(C)(C)c2ccc(OCOCC)c(CC=C)c2)ccc1OCOCC. The maximum atomic E-state index is 5.81. The Labute approximate surface area is 193 Å². The van der Waals surface area contributed by atoms with Crippen LogP contribution in [0.3, 0.4) is 0 Å². The van der Waals surface area contributed by atoms with Gasteiger partial charge in [-0.1, -0.05) is 50.3 Å². The molecule has 0 unspecified atom stereocenters. The van der Waals surface area contributed by atoms with Crippen LogP contribution in [0.25, 0.3) is 0 Å². The van der Waals surface area contributed by atoms with Crippen LogP contribution in [0.5, 0.6) is 11.5 Å². The van der Waals surface area contributed by atoms with Crippen molar-refractivity contribution in [1.82, 2.24) is 0 Å². The van der Waals surface area contributed by atoms with Crippen molar-refractivity contribution in [2.45, 2.75) is 52.4 Å². The molecule has 2 aromatic carbocycles. The summed E-state index contributed by atoms with van der Waals surface area (Å²) >= 11 is 0. The Balaban J connectivity index is 2.23. The highest BCUT2D eigenvalue weighted by molar-refractivity contribution is 5.43. The summed E-state index contributed by atoms with van der Waals surface area (Å²) in [4.78, 5) is 0. The van der Waals surface area contributed by atoms with Gasteiger partial charge in [0.05, 0.1) is 0 Å². The fraction of sp³-hybridized carbons (Fsp3) is 0.429. The summed E-state index contributed by atoms with van der Waals surface area (Å²) in [6.07, 6.45) is 6.21. The molecule has 0 amide bonds. The van der Waals surface area contributed by atoms with Crippen LogP contribution in [0.1, 0.15) is 49.9 Å². The number of rotatable bonds is 15. The fourth-order valence-corrected chi connectivity index (χ4v) is 3.64. The van der Waals surface area contributed by atoms with Gasteiger partial charge in [-0.3, -0.25) is 0 Å². The van der Waals surface area contributed by atoms with Crippen molar-refractivity contribution in [3.05, 3.63) is 84.0 Å². The van der Waals surface area contributed by atoms with Crippen molar-refractivity contribution >= 4 is 0 Å². The second kappa shape index (κ2) is 13.1. The normalized spacial score (nSPS) is 11.2. The molecule has 0 aliphatic rings. The Bertz CT molecular complexity index is 870. The average molecular weight is 439 g/mol. The van der Waals surface area contributed by atoms with E-state index < -0.39 is 0 Å². The van der Waals surface area contributed by atoms with Gasteiger partial charge >= 0.3 is 0 Å². The largest absolute Gasteiger partial charge is 0.467 e. The van der Waals surface area contributed by atoms with Gasteiger partial charge in [-0.05, 0) is 72.9 Å². The first-order valence-electron chi connectivity index (χ1n) is 11.3. The summed E-state index contributed by atoms with van der Waals surface area (Å²) in [7, 11) is 0. The van der Waals surface area contributed by atoms with Gasteiger partial charge in [-0.15, -0.1) is 13.2 Å². The molecule has 0 aromatic heterocycles. The van der Waals surface area contributed by atoms with Crippen LogP contribution >= 0.6 is 0 Å². The predicted molar refractivity (Wildman–Crippen MR) is 132 cm³/mol. The zero-order valence-electron chi connectivity index (χ0n) is 20.1. The van der Waals surface area contributed by atoms with Gasteiger partial charge in [-0.2, -0.15) is 0 Å². The first-order chi connectivity index (χ1) is 15.4. The Hall–Kier alpha value is -2.56. The lowest BCUT2D eigenvalue weighted by atomic mass is 9.78. The van der Waals surface area contributed by atoms with E-state index in [0.717, 1.165) is 41.9 Å². The zero-order chi connectivity index (χ0) is 23.4. The second-order valence-electron chi connectivity index (χ2n) is 8.32. The highest BCUT2D eigenvalue weighted by Gasteiger charge is 2.23. The van der Waals surface area contributed by atoms with E-state index in [9.17, 15) is 0 Å². The van der Waals surface area contributed by atoms with Crippen molar-refractivity contribution in [1.29, 1.82) is 0 Å². The second-order valence-corrected chi connectivity index (χ2v) is 8.32. The molecule has 0 aliphatic heterocycles. The number of hydrogen-bond donors (Lipinski definition) is 0. The lowest BCUT2D eigenvalue weighted by Crippen LogP contribution is -2.21. The van der Waals surface area contributed by atoms with E-state index in [-0.39, 0.29) is 19.0 Å². The molecule has 0 aliphatic carbocycles. The highest BCUT2D eigenvalue weighted by atomic mass is 16.7. The Kier molecular flexibility index (Phi) is 10.5. The molecule has 174 valence electrons. The molecular weight excluding hydrogens is 400 g/mol. The molecule has 0 spiro atoms. The van der Waals surface area contributed by atoms with Gasteiger partial charge in [0, 0.05) is 13.2 Å². The van der Waals surface area contributed by atoms with E-state index in [2.05, 4.69) is 51.3 Å². The Morgan fingerprint density at radius 3 is 1.84 bits per heavy atom. The van der Waals surface area contributed by atoms with Crippen LogP contribution in [0.2, 0.25) is 0 Å². The minimum atomic E-state index is -0.0620. The lowest BCUT2D eigenvalue weighted by molar-refractivity contribution is 0.0216. The molecule has 32 heavy (non-hydrogen) atoms. The molecule has 2 rings (SSSR count). The molecule has 0 atom stereocenters. The average Bonchev–Trinajstić information content (AvgIpc) is 2.76. The fourth-order valence-electron chi connectivity index (χ4n) is 3.64. The summed E-state index contributed by atoms with van der Waals surface area (Å²) in [6.45, 7) is 18.0. The zero-order valence-corrected chi connectivity index (χ0v) is 20.1. The van der Waals surface area contributed by atoms with Crippen molar-refractivity contribution in [2.24, 2.45) is 0 Å². The highest BCUT2D eigenvalue weighted by Crippen LogP contribution is 2.33. The molecule has 2 aromatic rings. The minimum absolute atomic E-state index is 0.0620. The maximum absolute atomic E-state index is 5.81. The monoisotopic (exact) mass is 438 g/mol. The molecule has 4 heteroatoms. The third kappa shape index (κ3) is 7.54. The van der Waals surface area contributed by atoms with E-state index in [4.69, 9.17) is 18.9 Å². The smallest absolute Gasteiger partial charge is 0.189 e. The predicted octanol–water partition coefficient (Wildman–Crippen LogP) is 6.41. The quantitative estimate of drug-likeness (QED) is 0.183. The lowest BCUT2D eigenvalue weighted by Gasteiger charge is -2.27. The van der Waals surface area contributed by atoms with Gasteiger partial charge in [0.25, 0.3) is 0 Å². The molecule has 0 bridgehead atoms. The van der Waals surface area contributed by atoms with Gasteiger partial charge in [0.1, 0.15) is 11.5 Å². The molecule has 0 heterocycles. The summed E-state index contributed by atoms with van der Waals surface area (Å²) in [5.41, 5.74) is 4.71. The van der Waals surface area contributed by atoms with Gasteiger partial charge in [0.2, 0.25) is 0 Å². The minimum Gasteiger partial charge on any atom is -0.467 e.